The standard InChI is InChI=1S/C15H20N2OS/c16-8-9-18-14-6-4-13(5-7-14)11-17-12-15-3-1-2-10-19-15/h4-7,15,17H,1-3,9-12H2. The van der Waals surface area contributed by atoms with Crippen LogP contribution in [0.2, 0.25) is 0 Å². The highest BCUT2D eigenvalue weighted by Gasteiger charge is 2.12. The van der Waals surface area contributed by atoms with Crippen molar-refractivity contribution in [3.63, 3.8) is 0 Å². The van der Waals surface area contributed by atoms with Crippen LogP contribution in [0.25, 0.3) is 0 Å². The fourth-order valence-electron chi connectivity index (χ4n) is 2.17. The van der Waals surface area contributed by atoms with Gasteiger partial charge in [0.05, 0.1) is 0 Å². The lowest BCUT2D eigenvalue weighted by Crippen LogP contribution is -2.26. The van der Waals surface area contributed by atoms with Gasteiger partial charge in [0, 0.05) is 18.3 Å². The fourth-order valence-corrected chi connectivity index (χ4v) is 3.44. The number of ether oxygens (including phenoxy) is 1. The van der Waals surface area contributed by atoms with Crippen LogP contribution in [0.1, 0.15) is 24.8 Å². The molecule has 1 unspecified atom stereocenters. The highest BCUT2D eigenvalue weighted by atomic mass is 32.2. The van der Waals surface area contributed by atoms with Crippen LogP contribution in [-0.4, -0.2) is 24.2 Å². The maximum Gasteiger partial charge on any atom is 0.174 e. The van der Waals surface area contributed by atoms with Crippen molar-refractivity contribution in [1.82, 2.24) is 5.32 Å². The molecule has 1 aromatic rings. The van der Waals surface area contributed by atoms with E-state index >= 15 is 0 Å². The Kier molecular flexibility index (Phi) is 6.06. The minimum atomic E-state index is 0.108. The third kappa shape index (κ3) is 5.14. The molecule has 0 aliphatic carbocycles. The molecule has 3 nitrogen and oxygen atoms in total. The lowest BCUT2D eigenvalue weighted by Gasteiger charge is -2.21. The van der Waals surface area contributed by atoms with Crippen molar-refractivity contribution in [2.24, 2.45) is 0 Å². The molecular formula is C15H20N2OS. The first-order valence-electron chi connectivity index (χ1n) is 6.79. The number of hydrogen-bond donors (Lipinski definition) is 1. The summed E-state index contributed by atoms with van der Waals surface area (Å²) in [4.78, 5) is 0. The van der Waals surface area contributed by atoms with E-state index < -0.39 is 0 Å². The number of benzene rings is 1. The molecule has 1 aliphatic rings. The van der Waals surface area contributed by atoms with Crippen LogP contribution in [-0.2, 0) is 6.54 Å². The molecular weight excluding hydrogens is 256 g/mol. The van der Waals surface area contributed by atoms with Crippen molar-refractivity contribution in [2.75, 3.05) is 18.9 Å². The normalized spacial score (nSPS) is 18.8. The van der Waals surface area contributed by atoms with Gasteiger partial charge in [0.1, 0.15) is 11.8 Å². The summed E-state index contributed by atoms with van der Waals surface area (Å²) in [5, 5.41) is 12.7. The van der Waals surface area contributed by atoms with Gasteiger partial charge in [0.15, 0.2) is 6.61 Å². The largest absolute Gasteiger partial charge is 0.479 e. The monoisotopic (exact) mass is 276 g/mol. The molecule has 1 heterocycles. The second-order valence-electron chi connectivity index (χ2n) is 4.71. The zero-order chi connectivity index (χ0) is 13.3. The van der Waals surface area contributed by atoms with Gasteiger partial charge in [-0.25, -0.2) is 0 Å². The molecule has 0 bridgehead atoms. The smallest absolute Gasteiger partial charge is 0.174 e. The van der Waals surface area contributed by atoms with Crippen molar-refractivity contribution in [3.8, 4) is 11.8 Å². The first kappa shape index (κ1) is 14.2. The Morgan fingerprint density at radius 2 is 2.16 bits per heavy atom. The first-order chi connectivity index (χ1) is 9.38. The Labute approximate surface area is 119 Å². The maximum atomic E-state index is 8.44. The molecule has 1 aliphatic heterocycles. The Balaban J connectivity index is 1.69. The molecule has 1 N–H and O–H groups in total. The van der Waals surface area contributed by atoms with Gasteiger partial charge in [-0.15, -0.1) is 0 Å². The van der Waals surface area contributed by atoms with E-state index in [1.165, 1.54) is 30.6 Å². The molecule has 0 saturated carbocycles. The Morgan fingerprint density at radius 1 is 1.32 bits per heavy atom. The fraction of sp³-hybridized carbons (Fsp3) is 0.533. The molecule has 102 valence electrons. The average molecular weight is 276 g/mol. The lowest BCUT2D eigenvalue weighted by atomic mass is 10.2. The summed E-state index contributed by atoms with van der Waals surface area (Å²) >= 11 is 2.10. The van der Waals surface area contributed by atoms with Crippen molar-refractivity contribution in [3.05, 3.63) is 29.8 Å². The van der Waals surface area contributed by atoms with E-state index in [2.05, 4.69) is 17.1 Å². The summed E-state index contributed by atoms with van der Waals surface area (Å²) in [6.07, 6.45) is 4.11. The molecule has 0 radical (unpaired) electrons. The van der Waals surface area contributed by atoms with Gasteiger partial charge in [-0.1, -0.05) is 18.6 Å². The summed E-state index contributed by atoms with van der Waals surface area (Å²) in [7, 11) is 0. The van der Waals surface area contributed by atoms with E-state index in [4.69, 9.17) is 10.00 Å². The minimum absolute atomic E-state index is 0.108. The summed E-state index contributed by atoms with van der Waals surface area (Å²) < 4.78 is 5.22. The second-order valence-corrected chi connectivity index (χ2v) is 6.12. The SMILES string of the molecule is N#CCOc1ccc(CNCC2CCCCS2)cc1. The van der Waals surface area contributed by atoms with E-state index in [-0.39, 0.29) is 6.61 Å². The van der Waals surface area contributed by atoms with Crippen LogP contribution in [0, 0.1) is 11.3 Å². The van der Waals surface area contributed by atoms with E-state index in [1.54, 1.807) is 0 Å². The van der Waals surface area contributed by atoms with Crippen LogP contribution < -0.4 is 10.1 Å². The Hall–Kier alpha value is -1.18. The number of nitrogens with zero attached hydrogens (tertiary/aromatic N) is 1. The number of thioether (sulfide) groups is 1. The van der Waals surface area contributed by atoms with Gasteiger partial charge < -0.3 is 10.1 Å². The van der Waals surface area contributed by atoms with Crippen molar-refractivity contribution in [2.45, 2.75) is 31.1 Å². The van der Waals surface area contributed by atoms with Crippen LogP contribution in [0.4, 0.5) is 0 Å². The highest BCUT2D eigenvalue weighted by molar-refractivity contribution is 7.99. The highest BCUT2D eigenvalue weighted by Crippen LogP contribution is 2.24. The van der Waals surface area contributed by atoms with Crippen LogP contribution in [0.15, 0.2) is 24.3 Å². The van der Waals surface area contributed by atoms with Gasteiger partial charge in [-0.05, 0) is 36.3 Å². The van der Waals surface area contributed by atoms with Gasteiger partial charge in [0.25, 0.3) is 0 Å². The molecule has 1 fully saturated rings. The van der Waals surface area contributed by atoms with Crippen LogP contribution in [0.5, 0.6) is 5.75 Å². The minimum Gasteiger partial charge on any atom is -0.479 e. The molecule has 2 rings (SSSR count). The van der Waals surface area contributed by atoms with E-state index in [0.29, 0.717) is 0 Å². The summed E-state index contributed by atoms with van der Waals surface area (Å²) in [6, 6.07) is 9.90. The molecule has 1 atom stereocenters. The quantitative estimate of drug-likeness (QED) is 0.867. The number of rotatable bonds is 6. The number of nitriles is 1. The third-order valence-electron chi connectivity index (χ3n) is 3.20. The topological polar surface area (TPSA) is 45.0 Å². The van der Waals surface area contributed by atoms with E-state index in [9.17, 15) is 0 Å². The molecule has 1 aromatic carbocycles. The first-order valence-corrected chi connectivity index (χ1v) is 7.84. The third-order valence-corrected chi connectivity index (χ3v) is 4.60. The Bertz CT molecular complexity index is 407. The zero-order valence-electron chi connectivity index (χ0n) is 11.1. The van der Waals surface area contributed by atoms with Crippen LogP contribution in [0.3, 0.4) is 0 Å². The lowest BCUT2D eigenvalue weighted by molar-refractivity contribution is 0.368. The second kappa shape index (κ2) is 8.08. The Morgan fingerprint density at radius 3 is 2.84 bits per heavy atom. The van der Waals surface area contributed by atoms with Gasteiger partial charge in [0.2, 0.25) is 0 Å². The van der Waals surface area contributed by atoms with Gasteiger partial charge in [-0.2, -0.15) is 17.0 Å². The van der Waals surface area contributed by atoms with Gasteiger partial charge >= 0.3 is 0 Å². The molecule has 4 heteroatoms. The number of hydrogen-bond acceptors (Lipinski definition) is 4. The average Bonchev–Trinajstić information content (AvgIpc) is 2.47. The summed E-state index contributed by atoms with van der Waals surface area (Å²) in [5.41, 5.74) is 1.25. The van der Waals surface area contributed by atoms with Gasteiger partial charge in [-0.3, -0.25) is 0 Å². The molecule has 0 amide bonds. The molecule has 0 aromatic heterocycles. The van der Waals surface area contributed by atoms with E-state index in [1.807, 2.05) is 30.3 Å². The molecule has 19 heavy (non-hydrogen) atoms. The molecule has 0 spiro atoms. The predicted molar refractivity (Wildman–Crippen MR) is 79.4 cm³/mol. The predicted octanol–water partition coefficient (Wildman–Crippen LogP) is 2.96. The summed E-state index contributed by atoms with van der Waals surface area (Å²) in [5.74, 6) is 2.07. The van der Waals surface area contributed by atoms with Crippen molar-refractivity contribution >= 4 is 11.8 Å². The number of nitrogens with one attached hydrogen (secondary N) is 1. The van der Waals surface area contributed by atoms with Crippen molar-refractivity contribution in [1.29, 1.82) is 5.26 Å². The van der Waals surface area contributed by atoms with Crippen molar-refractivity contribution < 1.29 is 4.74 Å². The molecule has 1 saturated heterocycles. The zero-order valence-corrected chi connectivity index (χ0v) is 11.9. The maximum absolute atomic E-state index is 8.44. The van der Waals surface area contributed by atoms with E-state index in [0.717, 1.165) is 24.1 Å². The summed E-state index contributed by atoms with van der Waals surface area (Å²) in [6.45, 7) is 2.10. The van der Waals surface area contributed by atoms with Crippen LogP contribution >= 0.6 is 11.8 Å².